The van der Waals surface area contributed by atoms with E-state index in [0.717, 1.165) is 16.2 Å². The van der Waals surface area contributed by atoms with Gasteiger partial charge in [0.2, 0.25) is 11.6 Å². The predicted octanol–water partition coefficient (Wildman–Crippen LogP) is 8.53. The van der Waals surface area contributed by atoms with Crippen LogP contribution in [0.1, 0.15) is 70.3 Å². The lowest BCUT2D eigenvalue weighted by atomic mass is 10.1. The summed E-state index contributed by atoms with van der Waals surface area (Å²) in [5.41, 5.74) is -0.749. The number of unbranched alkanes of at least 4 members (excludes halogenated alkanes) is 1. The third kappa shape index (κ3) is 11.6. The smallest absolute Gasteiger partial charge is 0.475 e. The van der Waals surface area contributed by atoms with Crippen molar-refractivity contribution < 1.29 is 55.2 Å². The van der Waals surface area contributed by atoms with Crippen molar-refractivity contribution in [3.8, 4) is 11.6 Å². The Balaban J connectivity index is 1.33. The van der Waals surface area contributed by atoms with Crippen molar-refractivity contribution in [2.45, 2.75) is 78.5 Å². The van der Waals surface area contributed by atoms with E-state index in [1.165, 1.54) is 4.90 Å². The number of esters is 1. The molecule has 1 amide bonds. The van der Waals surface area contributed by atoms with E-state index in [0.29, 0.717) is 41.9 Å². The lowest BCUT2D eigenvalue weighted by molar-refractivity contribution is -0.276. The van der Waals surface area contributed by atoms with Gasteiger partial charge in [-0.15, -0.1) is 13.2 Å². The van der Waals surface area contributed by atoms with Crippen molar-refractivity contribution >= 4 is 33.7 Å². The van der Waals surface area contributed by atoms with Gasteiger partial charge in [-0.25, -0.2) is 23.4 Å². The van der Waals surface area contributed by atoms with Gasteiger partial charge in [0, 0.05) is 48.2 Å². The second-order valence-electron chi connectivity index (χ2n) is 13.6. The van der Waals surface area contributed by atoms with E-state index >= 15 is 0 Å². The third-order valence-corrected chi connectivity index (χ3v) is 6.93. The van der Waals surface area contributed by atoms with Crippen molar-refractivity contribution in [1.29, 1.82) is 0 Å². The van der Waals surface area contributed by atoms with Gasteiger partial charge >= 0.3 is 18.4 Å². The first-order chi connectivity index (χ1) is 23.8. The number of rotatable bonds is 13. The fraction of sp³-hybridized carbons (Fsp3) is 0.444. The number of benzene rings is 2. The van der Waals surface area contributed by atoms with Crippen molar-refractivity contribution in [1.82, 2.24) is 14.9 Å². The van der Waals surface area contributed by atoms with Crippen molar-refractivity contribution in [3.05, 3.63) is 71.6 Å². The Bertz CT molecular complexity index is 1830. The zero-order valence-electron chi connectivity index (χ0n) is 29.2. The number of hydrogen-bond acceptors (Lipinski definition) is 9. The Morgan fingerprint density at radius 1 is 0.804 bits per heavy atom. The highest BCUT2D eigenvalue weighted by Crippen LogP contribution is 2.32. The molecule has 0 spiro atoms. The molecule has 4 rings (SSSR count). The molecule has 15 heteroatoms. The molecular weight excluding hydrogens is 681 g/mol. The molecule has 0 aliphatic rings. The van der Waals surface area contributed by atoms with Crippen LogP contribution in [0.25, 0.3) is 21.7 Å². The van der Waals surface area contributed by atoms with Crippen molar-refractivity contribution in [3.63, 3.8) is 0 Å². The number of carbonyl (C=O) groups excluding carboxylic acids is 2. The average Bonchev–Trinajstić information content (AvgIpc) is 3.01. The molecule has 51 heavy (non-hydrogen) atoms. The molecule has 0 aliphatic heterocycles. The van der Waals surface area contributed by atoms with Gasteiger partial charge in [0.05, 0.1) is 17.7 Å². The Morgan fingerprint density at radius 3 is 2.14 bits per heavy atom. The maximum atomic E-state index is 14.3. The summed E-state index contributed by atoms with van der Waals surface area (Å²) < 4.78 is 92.3. The molecular formula is C36H40F5N3O7. The first-order valence-electron chi connectivity index (χ1n) is 16.1. The van der Waals surface area contributed by atoms with Crippen molar-refractivity contribution in [2.24, 2.45) is 0 Å². The normalized spacial score (nSPS) is 12.2. The second kappa shape index (κ2) is 16.0. The Hall–Kier alpha value is -4.79. The minimum Gasteiger partial charge on any atom is -0.475 e. The van der Waals surface area contributed by atoms with E-state index in [9.17, 15) is 31.5 Å². The fourth-order valence-electron chi connectivity index (χ4n) is 4.90. The molecule has 0 aliphatic carbocycles. The van der Waals surface area contributed by atoms with Gasteiger partial charge in [-0.3, -0.25) is 4.98 Å². The second-order valence-corrected chi connectivity index (χ2v) is 13.6. The SMILES string of the molecule is CC(C)(C)OC(=O)c1ccc2c(c1)nc(OCCOCCCCN(Cc1cc(F)c(OC(F)(F)F)c(F)c1)C(=O)OC(C)(C)C)c1ccncc12. The Morgan fingerprint density at radius 2 is 1.49 bits per heavy atom. The molecule has 0 fully saturated rings. The number of hydrogen-bond donors (Lipinski definition) is 0. The van der Waals surface area contributed by atoms with Gasteiger partial charge in [-0.05, 0) is 90.3 Å². The first kappa shape index (κ1) is 39.0. The van der Waals surface area contributed by atoms with Gasteiger partial charge < -0.3 is 28.6 Å². The first-order valence-corrected chi connectivity index (χ1v) is 16.1. The lowest BCUT2D eigenvalue weighted by Gasteiger charge is -2.27. The van der Waals surface area contributed by atoms with Crippen LogP contribution >= 0.6 is 0 Å². The summed E-state index contributed by atoms with van der Waals surface area (Å²) in [6.45, 7) is 10.7. The highest BCUT2D eigenvalue weighted by molar-refractivity contribution is 6.08. The van der Waals surface area contributed by atoms with E-state index in [4.69, 9.17) is 18.9 Å². The number of fused-ring (bicyclic) bond motifs is 3. The van der Waals surface area contributed by atoms with Crippen LogP contribution in [-0.4, -0.2) is 70.9 Å². The number of pyridine rings is 2. The molecule has 0 atom stereocenters. The summed E-state index contributed by atoms with van der Waals surface area (Å²) >= 11 is 0. The summed E-state index contributed by atoms with van der Waals surface area (Å²) in [4.78, 5) is 35.6. The standard InChI is InChI=1S/C36H40F5N3O7/c1-34(2,3)50-32(45)23-9-10-24-26-20-42-12-11-25(26)31(43-29(24)19-23)48-16-15-47-14-8-7-13-44(33(46)51-35(4,5)6)21-22-17-27(37)30(28(38)18-22)49-36(39,40)41/h9-12,17-20H,7-8,13-16,21H2,1-6H3. The topological polar surface area (TPSA) is 109 Å². The highest BCUT2D eigenvalue weighted by atomic mass is 19.4. The number of aromatic nitrogens is 2. The minimum atomic E-state index is -5.28. The predicted molar refractivity (Wildman–Crippen MR) is 177 cm³/mol. The van der Waals surface area contributed by atoms with Crippen LogP contribution in [0.4, 0.5) is 26.7 Å². The molecule has 4 aromatic rings. The van der Waals surface area contributed by atoms with Crippen LogP contribution in [0.5, 0.6) is 11.6 Å². The summed E-state index contributed by atoms with van der Waals surface area (Å²) in [7, 11) is 0. The maximum Gasteiger partial charge on any atom is 0.573 e. The number of amides is 1. The molecule has 0 unspecified atom stereocenters. The lowest BCUT2D eigenvalue weighted by Crippen LogP contribution is -2.37. The van der Waals surface area contributed by atoms with Gasteiger partial charge in [0.25, 0.3) is 0 Å². The molecule has 0 bridgehead atoms. The maximum absolute atomic E-state index is 14.3. The van der Waals surface area contributed by atoms with Crippen LogP contribution in [-0.2, 0) is 20.8 Å². The average molecular weight is 722 g/mol. The molecule has 2 heterocycles. The van der Waals surface area contributed by atoms with E-state index < -0.39 is 47.0 Å². The van der Waals surface area contributed by atoms with Gasteiger partial charge in [-0.2, -0.15) is 0 Å². The fourth-order valence-corrected chi connectivity index (χ4v) is 4.90. The van der Waals surface area contributed by atoms with Gasteiger partial charge in [-0.1, -0.05) is 6.07 Å². The zero-order valence-corrected chi connectivity index (χ0v) is 29.2. The molecule has 0 saturated heterocycles. The summed E-state index contributed by atoms with van der Waals surface area (Å²) in [5.74, 6) is -4.83. The number of ether oxygens (including phenoxy) is 5. The zero-order chi connectivity index (χ0) is 37.6. The molecule has 0 N–H and O–H groups in total. The summed E-state index contributed by atoms with van der Waals surface area (Å²) in [5, 5.41) is 2.31. The summed E-state index contributed by atoms with van der Waals surface area (Å²) in [6.07, 6.45) is -1.84. The van der Waals surface area contributed by atoms with Gasteiger partial charge in [0.15, 0.2) is 11.6 Å². The molecule has 0 saturated carbocycles. The molecule has 10 nitrogen and oxygen atoms in total. The van der Waals surface area contributed by atoms with Crippen LogP contribution in [0, 0.1) is 11.6 Å². The number of halogens is 5. The monoisotopic (exact) mass is 721 g/mol. The van der Waals surface area contributed by atoms with Crippen LogP contribution in [0.2, 0.25) is 0 Å². The van der Waals surface area contributed by atoms with E-state index in [1.807, 2.05) is 0 Å². The third-order valence-electron chi connectivity index (χ3n) is 6.93. The quantitative estimate of drug-likeness (QED) is 0.0581. The van der Waals surface area contributed by atoms with Gasteiger partial charge in [0.1, 0.15) is 17.8 Å². The van der Waals surface area contributed by atoms with Crippen molar-refractivity contribution in [2.75, 3.05) is 26.4 Å². The molecule has 276 valence electrons. The van der Waals surface area contributed by atoms with Crippen LogP contribution < -0.4 is 9.47 Å². The number of carbonyl (C=O) groups is 2. The molecule has 2 aromatic heterocycles. The van der Waals surface area contributed by atoms with Crippen LogP contribution in [0.15, 0.2) is 48.8 Å². The molecule has 0 radical (unpaired) electrons. The summed E-state index contributed by atoms with van der Waals surface area (Å²) in [6, 6.07) is 8.25. The van der Waals surface area contributed by atoms with E-state index in [2.05, 4.69) is 14.7 Å². The van der Waals surface area contributed by atoms with E-state index in [-0.39, 0.29) is 38.5 Å². The minimum absolute atomic E-state index is 0.0922. The Kier molecular flexibility index (Phi) is 12.3. The van der Waals surface area contributed by atoms with Crippen LogP contribution in [0.3, 0.4) is 0 Å². The molecule has 2 aromatic carbocycles. The van der Waals surface area contributed by atoms with E-state index in [1.54, 1.807) is 78.2 Å². The highest BCUT2D eigenvalue weighted by Gasteiger charge is 2.34. The number of alkyl halides is 3. The number of nitrogens with zero attached hydrogens (tertiary/aromatic N) is 3. The largest absolute Gasteiger partial charge is 0.573 e. The Labute approximate surface area is 291 Å².